The first-order chi connectivity index (χ1) is 13.2. The third kappa shape index (κ3) is 3.51. The van der Waals surface area contributed by atoms with E-state index in [9.17, 15) is 4.79 Å². The van der Waals surface area contributed by atoms with E-state index < -0.39 is 0 Å². The zero-order valence-corrected chi connectivity index (χ0v) is 15.4. The molecule has 1 heterocycles. The first kappa shape index (κ1) is 16.6. The highest BCUT2D eigenvalue weighted by atomic mass is 16.2. The summed E-state index contributed by atoms with van der Waals surface area (Å²) in [5.74, 6) is 3.65. The molecule has 0 aliphatic heterocycles. The average molecular weight is 362 g/mol. The molecule has 5 heteroatoms. The van der Waals surface area contributed by atoms with Gasteiger partial charge in [0.05, 0.1) is 11.9 Å². The Bertz CT molecular complexity index is 783. The van der Waals surface area contributed by atoms with Crippen molar-refractivity contribution in [2.24, 2.45) is 17.8 Å². The molecule has 2 amide bonds. The van der Waals surface area contributed by atoms with Gasteiger partial charge in [-0.3, -0.25) is 0 Å². The lowest BCUT2D eigenvalue weighted by atomic mass is 9.53. The Kier molecular flexibility index (Phi) is 4.03. The number of anilines is 3. The van der Waals surface area contributed by atoms with E-state index in [1.54, 1.807) is 6.20 Å². The van der Waals surface area contributed by atoms with Crippen LogP contribution in [0.4, 0.5) is 22.0 Å². The molecule has 0 unspecified atom stereocenters. The number of rotatable bonds is 4. The van der Waals surface area contributed by atoms with Crippen LogP contribution in [0, 0.1) is 17.8 Å². The summed E-state index contributed by atoms with van der Waals surface area (Å²) >= 11 is 0. The molecular formula is C22H26N4O. The number of nitrogens with zero attached hydrogens (tertiary/aromatic N) is 1. The molecular weight excluding hydrogens is 336 g/mol. The minimum atomic E-state index is -0.259. The summed E-state index contributed by atoms with van der Waals surface area (Å²) in [6, 6.07) is 13.1. The molecule has 1 aromatic carbocycles. The summed E-state index contributed by atoms with van der Waals surface area (Å²) in [5, 5.41) is 9.42. The normalized spacial score (nSPS) is 30.7. The fourth-order valence-electron chi connectivity index (χ4n) is 5.89. The van der Waals surface area contributed by atoms with Crippen molar-refractivity contribution in [1.82, 2.24) is 4.98 Å². The smallest absolute Gasteiger partial charge is 0.323 e. The minimum absolute atomic E-state index is 0.251. The zero-order chi connectivity index (χ0) is 18.3. The van der Waals surface area contributed by atoms with Crippen molar-refractivity contribution in [3.8, 4) is 0 Å². The lowest BCUT2D eigenvalue weighted by Gasteiger charge is -2.57. The highest BCUT2D eigenvalue weighted by molar-refractivity contribution is 5.99. The molecule has 4 bridgehead atoms. The fourth-order valence-corrected chi connectivity index (χ4v) is 5.89. The molecule has 0 spiro atoms. The van der Waals surface area contributed by atoms with Gasteiger partial charge in [0, 0.05) is 11.2 Å². The molecule has 0 saturated heterocycles. The lowest BCUT2D eigenvalue weighted by molar-refractivity contribution is 0.0105. The minimum Gasteiger partial charge on any atom is -0.365 e. The molecule has 6 rings (SSSR count). The maximum absolute atomic E-state index is 12.1. The Morgan fingerprint density at radius 3 is 2.07 bits per heavy atom. The monoisotopic (exact) mass is 362 g/mol. The Morgan fingerprint density at radius 1 is 0.852 bits per heavy atom. The molecule has 4 saturated carbocycles. The Labute approximate surface area is 160 Å². The van der Waals surface area contributed by atoms with Gasteiger partial charge in [0.25, 0.3) is 0 Å². The fraction of sp³-hybridized carbons (Fsp3) is 0.455. The predicted octanol–water partition coefficient (Wildman–Crippen LogP) is 5.11. The van der Waals surface area contributed by atoms with Crippen molar-refractivity contribution in [1.29, 1.82) is 0 Å². The summed E-state index contributed by atoms with van der Waals surface area (Å²) in [5.41, 5.74) is 1.71. The Hall–Kier alpha value is -2.56. The van der Waals surface area contributed by atoms with Crippen molar-refractivity contribution < 1.29 is 4.79 Å². The van der Waals surface area contributed by atoms with Gasteiger partial charge in [0.2, 0.25) is 0 Å². The van der Waals surface area contributed by atoms with E-state index in [0.29, 0.717) is 5.69 Å². The second kappa shape index (κ2) is 6.55. The van der Waals surface area contributed by atoms with Crippen LogP contribution in [0.1, 0.15) is 38.5 Å². The number of para-hydroxylation sites is 1. The van der Waals surface area contributed by atoms with Crippen LogP contribution in [0.5, 0.6) is 0 Å². The number of amides is 2. The molecule has 4 aliphatic rings. The first-order valence-corrected chi connectivity index (χ1v) is 10.0. The summed E-state index contributed by atoms with van der Waals surface area (Å²) in [7, 11) is 0. The second-order valence-corrected chi connectivity index (χ2v) is 8.70. The van der Waals surface area contributed by atoms with Crippen molar-refractivity contribution in [2.45, 2.75) is 44.1 Å². The number of carbonyl (C=O) groups is 1. The van der Waals surface area contributed by atoms with E-state index in [1.807, 2.05) is 42.5 Å². The maximum atomic E-state index is 12.1. The number of carbonyl (C=O) groups excluding carboxylic acids is 1. The van der Waals surface area contributed by atoms with Crippen LogP contribution in [-0.4, -0.2) is 16.6 Å². The van der Waals surface area contributed by atoms with E-state index in [4.69, 9.17) is 0 Å². The van der Waals surface area contributed by atoms with Crippen LogP contribution in [0.2, 0.25) is 0 Å². The molecule has 4 aliphatic carbocycles. The van der Waals surface area contributed by atoms with Gasteiger partial charge in [-0.15, -0.1) is 0 Å². The SMILES string of the molecule is O=C(Nc1ccccc1)Nc1ccc(NC23CC4CC(CC(C4)C2)C3)nc1. The van der Waals surface area contributed by atoms with Crippen LogP contribution in [0.15, 0.2) is 48.7 Å². The molecule has 0 radical (unpaired) electrons. The molecule has 5 nitrogen and oxygen atoms in total. The lowest BCUT2D eigenvalue weighted by Crippen LogP contribution is -2.54. The van der Waals surface area contributed by atoms with Gasteiger partial charge < -0.3 is 16.0 Å². The highest BCUT2D eigenvalue weighted by Gasteiger charge is 2.51. The largest absolute Gasteiger partial charge is 0.365 e. The van der Waals surface area contributed by atoms with E-state index in [0.717, 1.165) is 29.3 Å². The number of urea groups is 1. The molecule has 2 aromatic rings. The van der Waals surface area contributed by atoms with Crippen LogP contribution < -0.4 is 16.0 Å². The van der Waals surface area contributed by atoms with Crippen LogP contribution in [0.3, 0.4) is 0 Å². The molecule has 27 heavy (non-hydrogen) atoms. The number of nitrogens with one attached hydrogen (secondary N) is 3. The predicted molar refractivity (Wildman–Crippen MR) is 108 cm³/mol. The van der Waals surface area contributed by atoms with Gasteiger partial charge in [-0.1, -0.05) is 18.2 Å². The summed E-state index contributed by atoms with van der Waals surface area (Å²) in [6.07, 6.45) is 9.92. The average Bonchev–Trinajstić information content (AvgIpc) is 2.63. The number of hydrogen-bond acceptors (Lipinski definition) is 3. The summed E-state index contributed by atoms with van der Waals surface area (Å²) in [4.78, 5) is 16.7. The van der Waals surface area contributed by atoms with Crippen molar-refractivity contribution >= 4 is 23.2 Å². The van der Waals surface area contributed by atoms with Gasteiger partial charge >= 0.3 is 6.03 Å². The number of aromatic nitrogens is 1. The summed E-state index contributed by atoms with van der Waals surface area (Å²) < 4.78 is 0. The first-order valence-electron chi connectivity index (χ1n) is 10.0. The second-order valence-electron chi connectivity index (χ2n) is 8.70. The standard InChI is InChI=1S/C22H26N4O/c27-21(24-18-4-2-1-3-5-18)25-19-6-7-20(23-14-19)26-22-11-15-8-16(12-22)10-17(9-15)13-22/h1-7,14-17H,8-13H2,(H,23,26)(H2,24,25,27). The van der Waals surface area contributed by atoms with Crippen LogP contribution >= 0.6 is 0 Å². The van der Waals surface area contributed by atoms with Gasteiger partial charge in [0.1, 0.15) is 5.82 Å². The molecule has 3 N–H and O–H groups in total. The zero-order valence-electron chi connectivity index (χ0n) is 15.4. The van der Waals surface area contributed by atoms with E-state index in [2.05, 4.69) is 20.9 Å². The molecule has 0 atom stereocenters. The van der Waals surface area contributed by atoms with Crippen LogP contribution in [-0.2, 0) is 0 Å². The highest BCUT2D eigenvalue weighted by Crippen LogP contribution is 2.56. The van der Waals surface area contributed by atoms with Crippen molar-refractivity contribution in [3.63, 3.8) is 0 Å². The quantitative estimate of drug-likeness (QED) is 0.708. The Morgan fingerprint density at radius 2 is 1.48 bits per heavy atom. The van der Waals surface area contributed by atoms with Gasteiger partial charge in [-0.2, -0.15) is 0 Å². The van der Waals surface area contributed by atoms with Gasteiger partial charge in [0.15, 0.2) is 0 Å². The third-order valence-electron chi connectivity index (χ3n) is 6.48. The van der Waals surface area contributed by atoms with Crippen molar-refractivity contribution in [3.05, 3.63) is 48.7 Å². The Balaban J connectivity index is 1.21. The van der Waals surface area contributed by atoms with Gasteiger partial charge in [-0.05, 0) is 80.5 Å². The summed E-state index contributed by atoms with van der Waals surface area (Å²) in [6.45, 7) is 0. The van der Waals surface area contributed by atoms with E-state index in [-0.39, 0.29) is 11.6 Å². The van der Waals surface area contributed by atoms with Gasteiger partial charge in [-0.25, -0.2) is 9.78 Å². The van der Waals surface area contributed by atoms with E-state index >= 15 is 0 Å². The van der Waals surface area contributed by atoms with E-state index in [1.165, 1.54) is 38.5 Å². The topological polar surface area (TPSA) is 66.1 Å². The molecule has 4 fully saturated rings. The number of hydrogen-bond donors (Lipinski definition) is 3. The number of benzene rings is 1. The molecule has 1 aromatic heterocycles. The van der Waals surface area contributed by atoms with Crippen molar-refractivity contribution in [2.75, 3.05) is 16.0 Å². The van der Waals surface area contributed by atoms with Crippen LogP contribution in [0.25, 0.3) is 0 Å². The number of pyridine rings is 1. The third-order valence-corrected chi connectivity index (χ3v) is 6.48. The maximum Gasteiger partial charge on any atom is 0.323 e. The molecule has 140 valence electrons.